The molecule has 3 heteroatoms. The maximum atomic E-state index is 10.5. The van der Waals surface area contributed by atoms with Gasteiger partial charge in [0.1, 0.15) is 0 Å². The van der Waals surface area contributed by atoms with E-state index in [-0.39, 0.29) is 11.5 Å². The van der Waals surface area contributed by atoms with Crippen LogP contribution in [0.1, 0.15) is 57.6 Å². The number of aliphatic hydroxyl groups excluding tert-OH is 1. The first kappa shape index (κ1) is 11.6. The molecular weight excluding hydrogens is 200 g/mol. The van der Waals surface area contributed by atoms with Crippen LogP contribution in [0.4, 0.5) is 0 Å². The molecule has 1 aliphatic carbocycles. The van der Waals surface area contributed by atoms with Crippen molar-refractivity contribution in [1.82, 2.24) is 9.78 Å². The summed E-state index contributed by atoms with van der Waals surface area (Å²) < 4.78 is 1.89. The van der Waals surface area contributed by atoms with E-state index in [1.165, 1.54) is 12.8 Å². The largest absolute Gasteiger partial charge is 0.388 e. The summed E-state index contributed by atoms with van der Waals surface area (Å²) in [4.78, 5) is 0. The normalized spacial score (nSPS) is 21.2. The quantitative estimate of drug-likeness (QED) is 0.850. The minimum atomic E-state index is -0.333. The number of aromatic nitrogens is 2. The van der Waals surface area contributed by atoms with Crippen LogP contribution in [0.3, 0.4) is 0 Å². The minimum absolute atomic E-state index is 0.113. The zero-order chi connectivity index (χ0) is 11.6. The average Bonchev–Trinajstić information content (AvgIpc) is 2.98. The number of hydrogen-bond acceptors (Lipinski definition) is 2. The van der Waals surface area contributed by atoms with Crippen molar-refractivity contribution in [2.24, 2.45) is 5.41 Å². The van der Waals surface area contributed by atoms with Crippen molar-refractivity contribution in [3.63, 3.8) is 0 Å². The summed E-state index contributed by atoms with van der Waals surface area (Å²) in [6, 6.07) is 0. The van der Waals surface area contributed by atoms with Crippen molar-refractivity contribution in [2.45, 2.75) is 58.6 Å². The van der Waals surface area contributed by atoms with Gasteiger partial charge in [-0.3, -0.25) is 4.68 Å². The Hall–Kier alpha value is -0.830. The van der Waals surface area contributed by atoms with E-state index in [1.807, 2.05) is 17.1 Å². The second kappa shape index (κ2) is 4.58. The maximum absolute atomic E-state index is 10.5. The smallest absolute Gasteiger partial charge is 0.0876 e. The lowest BCUT2D eigenvalue weighted by Gasteiger charge is -2.32. The van der Waals surface area contributed by atoms with Crippen molar-refractivity contribution in [3.05, 3.63) is 18.0 Å². The predicted octanol–water partition coefficient (Wildman–Crippen LogP) is 2.91. The predicted molar refractivity (Wildman–Crippen MR) is 64.1 cm³/mol. The van der Waals surface area contributed by atoms with Crippen molar-refractivity contribution >= 4 is 0 Å². The molecule has 90 valence electrons. The van der Waals surface area contributed by atoms with Gasteiger partial charge in [-0.1, -0.05) is 19.8 Å². The summed E-state index contributed by atoms with van der Waals surface area (Å²) in [5.41, 5.74) is 1.10. The summed E-state index contributed by atoms with van der Waals surface area (Å²) in [5.74, 6) is 0. The van der Waals surface area contributed by atoms with Crippen LogP contribution in [0.15, 0.2) is 12.4 Å². The summed E-state index contributed by atoms with van der Waals surface area (Å²) in [6.07, 6.45) is 9.36. The SMILES string of the molecule is CCn1cc(C(O)C2(CC)CCCC2)cn1. The second-order valence-corrected chi connectivity index (χ2v) is 4.95. The molecule has 0 amide bonds. The van der Waals surface area contributed by atoms with E-state index in [4.69, 9.17) is 0 Å². The monoisotopic (exact) mass is 222 g/mol. The van der Waals surface area contributed by atoms with Crippen LogP contribution in [-0.4, -0.2) is 14.9 Å². The van der Waals surface area contributed by atoms with Gasteiger partial charge in [0, 0.05) is 23.7 Å². The van der Waals surface area contributed by atoms with Crippen LogP contribution in [0, 0.1) is 5.41 Å². The van der Waals surface area contributed by atoms with Gasteiger partial charge in [-0.25, -0.2) is 0 Å². The van der Waals surface area contributed by atoms with E-state index >= 15 is 0 Å². The molecule has 2 rings (SSSR count). The highest BCUT2D eigenvalue weighted by Crippen LogP contribution is 2.49. The Bertz CT molecular complexity index is 339. The Kier molecular flexibility index (Phi) is 3.33. The molecule has 16 heavy (non-hydrogen) atoms. The molecule has 0 bridgehead atoms. The van der Waals surface area contributed by atoms with Gasteiger partial charge in [0.2, 0.25) is 0 Å². The van der Waals surface area contributed by atoms with Crippen LogP contribution in [0.5, 0.6) is 0 Å². The number of aliphatic hydroxyl groups is 1. The van der Waals surface area contributed by atoms with Crippen LogP contribution < -0.4 is 0 Å². The molecule has 1 aromatic heterocycles. The van der Waals surface area contributed by atoms with E-state index in [9.17, 15) is 5.11 Å². The Labute approximate surface area is 97.5 Å². The molecule has 1 unspecified atom stereocenters. The van der Waals surface area contributed by atoms with Crippen LogP contribution >= 0.6 is 0 Å². The summed E-state index contributed by atoms with van der Waals surface area (Å²) in [7, 11) is 0. The number of rotatable bonds is 4. The Morgan fingerprint density at radius 3 is 2.62 bits per heavy atom. The van der Waals surface area contributed by atoms with E-state index in [0.29, 0.717) is 0 Å². The fraction of sp³-hybridized carbons (Fsp3) is 0.769. The molecular formula is C13H22N2O. The van der Waals surface area contributed by atoms with Gasteiger partial charge in [0.05, 0.1) is 12.3 Å². The zero-order valence-corrected chi connectivity index (χ0v) is 10.3. The lowest BCUT2D eigenvalue weighted by Crippen LogP contribution is -2.24. The fourth-order valence-electron chi connectivity index (χ4n) is 2.95. The Morgan fingerprint density at radius 2 is 2.12 bits per heavy atom. The molecule has 0 saturated heterocycles. The molecule has 0 radical (unpaired) electrons. The number of hydrogen-bond donors (Lipinski definition) is 1. The summed E-state index contributed by atoms with van der Waals surface area (Å²) >= 11 is 0. The molecule has 1 fully saturated rings. The Balaban J connectivity index is 2.19. The van der Waals surface area contributed by atoms with E-state index in [0.717, 1.165) is 31.4 Å². The minimum Gasteiger partial charge on any atom is -0.388 e. The molecule has 1 N–H and O–H groups in total. The molecule has 1 aromatic rings. The first-order valence-corrected chi connectivity index (χ1v) is 6.42. The van der Waals surface area contributed by atoms with Crippen LogP contribution in [0.25, 0.3) is 0 Å². The fourth-order valence-corrected chi connectivity index (χ4v) is 2.95. The summed E-state index contributed by atoms with van der Waals surface area (Å²) in [6.45, 7) is 5.12. The van der Waals surface area contributed by atoms with Gasteiger partial charge in [0.15, 0.2) is 0 Å². The Morgan fingerprint density at radius 1 is 1.44 bits per heavy atom. The lowest BCUT2D eigenvalue weighted by molar-refractivity contribution is 0.0237. The molecule has 0 aromatic carbocycles. The van der Waals surface area contributed by atoms with Crippen molar-refractivity contribution in [3.8, 4) is 0 Å². The first-order valence-electron chi connectivity index (χ1n) is 6.42. The molecule has 0 aliphatic heterocycles. The topological polar surface area (TPSA) is 38.0 Å². The standard InChI is InChI=1S/C13H22N2O/c1-3-13(7-5-6-8-13)12(16)11-9-14-15(4-2)10-11/h9-10,12,16H,3-8H2,1-2H3. The van der Waals surface area contributed by atoms with Gasteiger partial charge in [-0.05, 0) is 26.2 Å². The van der Waals surface area contributed by atoms with Crippen molar-refractivity contribution in [2.75, 3.05) is 0 Å². The zero-order valence-electron chi connectivity index (χ0n) is 10.3. The molecule has 3 nitrogen and oxygen atoms in total. The average molecular weight is 222 g/mol. The maximum Gasteiger partial charge on any atom is 0.0876 e. The van der Waals surface area contributed by atoms with E-state index < -0.39 is 0 Å². The van der Waals surface area contributed by atoms with Gasteiger partial charge >= 0.3 is 0 Å². The molecule has 1 atom stereocenters. The van der Waals surface area contributed by atoms with Gasteiger partial charge in [-0.15, -0.1) is 0 Å². The van der Waals surface area contributed by atoms with Crippen LogP contribution in [-0.2, 0) is 6.54 Å². The molecule has 1 heterocycles. The van der Waals surface area contributed by atoms with Crippen molar-refractivity contribution in [1.29, 1.82) is 0 Å². The van der Waals surface area contributed by atoms with E-state index in [2.05, 4.69) is 18.9 Å². The molecule has 0 spiro atoms. The summed E-state index contributed by atoms with van der Waals surface area (Å²) in [5, 5.41) is 14.8. The first-order chi connectivity index (χ1) is 7.72. The van der Waals surface area contributed by atoms with Gasteiger partial charge < -0.3 is 5.11 Å². The lowest BCUT2D eigenvalue weighted by atomic mass is 9.76. The van der Waals surface area contributed by atoms with Gasteiger partial charge in [0.25, 0.3) is 0 Å². The highest BCUT2D eigenvalue weighted by atomic mass is 16.3. The third kappa shape index (κ3) is 1.88. The third-order valence-electron chi connectivity index (χ3n) is 4.18. The second-order valence-electron chi connectivity index (χ2n) is 4.95. The molecule has 1 saturated carbocycles. The number of aryl methyl sites for hydroxylation is 1. The van der Waals surface area contributed by atoms with Crippen molar-refractivity contribution < 1.29 is 5.11 Å². The van der Waals surface area contributed by atoms with Gasteiger partial charge in [-0.2, -0.15) is 5.10 Å². The van der Waals surface area contributed by atoms with Crippen LogP contribution in [0.2, 0.25) is 0 Å². The third-order valence-corrected chi connectivity index (χ3v) is 4.18. The molecule has 1 aliphatic rings. The highest BCUT2D eigenvalue weighted by Gasteiger charge is 2.40. The van der Waals surface area contributed by atoms with E-state index in [1.54, 1.807) is 0 Å². The number of nitrogens with zero attached hydrogens (tertiary/aromatic N) is 2. The highest BCUT2D eigenvalue weighted by molar-refractivity contribution is 5.13.